The maximum Gasteiger partial charge on any atom is 0.00984 e. The van der Waals surface area contributed by atoms with Gasteiger partial charge in [0.15, 0.2) is 0 Å². The lowest BCUT2D eigenvalue weighted by molar-refractivity contribution is 0.256. The molecule has 2 heteroatoms. The highest BCUT2D eigenvalue weighted by molar-refractivity contribution is 4.86. The van der Waals surface area contributed by atoms with Crippen LogP contribution < -0.4 is 5.32 Å². The van der Waals surface area contributed by atoms with Crippen molar-refractivity contribution in [3.8, 4) is 0 Å². The smallest absolute Gasteiger partial charge is 0.00984 e. The van der Waals surface area contributed by atoms with Crippen LogP contribution in [0.2, 0.25) is 0 Å². The predicted octanol–water partition coefficient (Wildman–Crippen LogP) is 1.86. The van der Waals surface area contributed by atoms with Crippen molar-refractivity contribution in [2.24, 2.45) is 5.92 Å². The summed E-state index contributed by atoms with van der Waals surface area (Å²) >= 11 is 0. The first-order chi connectivity index (χ1) is 6.90. The molecule has 0 aromatic carbocycles. The molecule has 0 amide bonds. The third-order valence-corrected chi connectivity index (χ3v) is 3.90. The van der Waals surface area contributed by atoms with Crippen LogP contribution >= 0.6 is 0 Å². The molecule has 0 aromatic heterocycles. The maximum atomic E-state index is 3.27. The fraction of sp³-hybridized carbons (Fsp3) is 1.00. The molecule has 0 radical (unpaired) electrons. The number of hydrogen-bond acceptors (Lipinski definition) is 2. The minimum Gasteiger partial charge on any atom is -0.320 e. The van der Waals surface area contributed by atoms with Gasteiger partial charge in [-0.15, -0.1) is 0 Å². The third-order valence-electron chi connectivity index (χ3n) is 3.90. The fourth-order valence-corrected chi connectivity index (χ4v) is 3.09. The van der Waals surface area contributed by atoms with Crippen molar-refractivity contribution in [2.45, 2.75) is 44.6 Å². The number of rotatable bonds is 3. The van der Waals surface area contributed by atoms with E-state index < -0.39 is 0 Å². The van der Waals surface area contributed by atoms with Crippen LogP contribution in [0.25, 0.3) is 0 Å². The predicted molar refractivity (Wildman–Crippen MR) is 60.5 cm³/mol. The zero-order valence-corrected chi connectivity index (χ0v) is 9.47. The molecular formula is C12H24N2. The van der Waals surface area contributed by atoms with Crippen molar-refractivity contribution in [3.63, 3.8) is 0 Å². The summed E-state index contributed by atoms with van der Waals surface area (Å²) in [7, 11) is 2.06. The van der Waals surface area contributed by atoms with Gasteiger partial charge in [-0.2, -0.15) is 0 Å². The summed E-state index contributed by atoms with van der Waals surface area (Å²) < 4.78 is 0. The molecule has 2 saturated heterocycles. The highest BCUT2D eigenvalue weighted by Crippen LogP contribution is 2.31. The van der Waals surface area contributed by atoms with E-state index >= 15 is 0 Å². The Bertz CT molecular complexity index is 156. The highest BCUT2D eigenvalue weighted by Gasteiger charge is 2.31. The summed E-state index contributed by atoms with van der Waals surface area (Å²) in [5, 5.41) is 3.27. The summed E-state index contributed by atoms with van der Waals surface area (Å²) in [6, 6.07) is 0.944. The lowest BCUT2D eigenvalue weighted by Crippen LogP contribution is -2.28. The molecule has 2 fully saturated rings. The number of fused-ring (bicyclic) bond motifs is 1. The molecule has 0 bridgehead atoms. The third kappa shape index (κ3) is 2.48. The van der Waals surface area contributed by atoms with E-state index in [4.69, 9.17) is 0 Å². The van der Waals surface area contributed by atoms with Gasteiger partial charge < -0.3 is 10.2 Å². The second-order valence-corrected chi connectivity index (χ2v) is 4.99. The zero-order valence-electron chi connectivity index (χ0n) is 9.47. The van der Waals surface area contributed by atoms with Crippen LogP contribution in [0.5, 0.6) is 0 Å². The molecule has 2 heterocycles. The van der Waals surface area contributed by atoms with Crippen LogP contribution in [-0.2, 0) is 0 Å². The van der Waals surface area contributed by atoms with Gasteiger partial charge in [0.1, 0.15) is 0 Å². The Labute approximate surface area is 88.1 Å². The minimum atomic E-state index is 0.944. The second kappa shape index (κ2) is 5.13. The van der Waals surface area contributed by atoms with Crippen LogP contribution in [0.1, 0.15) is 38.5 Å². The van der Waals surface area contributed by atoms with Crippen LogP contribution in [0.15, 0.2) is 0 Å². The molecule has 0 saturated carbocycles. The molecule has 2 unspecified atom stereocenters. The summed E-state index contributed by atoms with van der Waals surface area (Å²) in [6.07, 6.45) is 8.70. The molecule has 82 valence electrons. The van der Waals surface area contributed by atoms with Gasteiger partial charge in [-0.05, 0) is 51.7 Å². The summed E-state index contributed by atoms with van der Waals surface area (Å²) in [5.74, 6) is 0.977. The van der Waals surface area contributed by atoms with Gasteiger partial charge in [0.05, 0.1) is 0 Å². The average Bonchev–Trinajstić information content (AvgIpc) is 2.46. The van der Waals surface area contributed by atoms with E-state index in [2.05, 4.69) is 17.3 Å². The van der Waals surface area contributed by atoms with Crippen molar-refractivity contribution in [2.75, 3.05) is 26.7 Å². The van der Waals surface area contributed by atoms with Gasteiger partial charge in [0, 0.05) is 12.6 Å². The van der Waals surface area contributed by atoms with E-state index in [0.29, 0.717) is 0 Å². The quantitative estimate of drug-likeness (QED) is 0.741. The number of nitrogens with zero attached hydrogens (tertiary/aromatic N) is 1. The van der Waals surface area contributed by atoms with E-state index in [9.17, 15) is 0 Å². The molecule has 1 N–H and O–H groups in total. The number of nitrogens with one attached hydrogen (secondary N) is 1. The Morgan fingerprint density at radius 2 is 2.21 bits per heavy atom. The molecule has 2 aliphatic rings. The monoisotopic (exact) mass is 196 g/mol. The van der Waals surface area contributed by atoms with E-state index in [1.165, 1.54) is 58.2 Å². The van der Waals surface area contributed by atoms with Crippen molar-refractivity contribution >= 4 is 0 Å². The standard InChI is InChI=1S/C12H24N2/c1-13-7-6-11-9-12-5-3-2-4-8-14(12)10-11/h11-13H,2-10H2,1H3. The van der Waals surface area contributed by atoms with Gasteiger partial charge in [-0.3, -0.25) is 0 Å². The van der Waals surface area contributed by atoms with E-state index in [-0.39, 0.29) is 0 Å². The summed E-state index contributed by atoms with van der Waals surface area (Å²) in [4.78, 5) is 2.76. The highest BCUT2D eigenvalue weighted by atomic mass is 15.2. The Hall–Kier alpha value is -0.0800. The largest absolute Gasteiger partial charge is 0.320 e. The van der Waals surface area contributed by atoms with Gasteiger partial charge in [0.2, 0.25) is 0 Å². The Kier molecular flexibility index (Phi) is 3.82. The first-order valence-electron chi connectivity index (χ1n) is 6.29. The van der Waals surface area contributed by atoms with Crippen molar-refractivity contribution in [3.05, 3.63) is 0 Å². The molecule has 2 atom stereocenters. The SMILES string of the molecule is CNCCC1CC2CCCCCN2C1. The molecule has 14 heavy (non-hydrogen) atoms. The summed E-state index contributed by atoms with van der Waals surface area (Å²) in [5.41, 5.74) is 0. The zero-order chi connectivity index (χ0) is 9.80. The Morgan fingerprint density at radius 3 is 3.07 bits per heavy atom. The van der Waals surface area contributed by atoms with Gasteiger partial charge in [0.25, 0.3) is 0 Å². The number of hydrogen-bond donors (Lipinski definition) is 1. The van der Waals surface area contributed by atoms with E-state index in [1.54, 1.807) is 0 Å². The lowest BCUT2D eigenvalue weighted by Gasteiger charge is -2.20. The van der Waals surface area contributed by atoms with Gasteiger partial charge in [-0.1, -0.05) is 12.8 Å². The van der Waals surface area contributed by atoms with Crippen LogP contribution in [0.4, 0.5) is 0 Å². The van der Waals surface area contributed by atoms with Crippen molar-refractivity contribution in [1.82, 2.24) is 10.2 Å². The normalized spacial score (nSPS) is 34.1. The van der Waals surface area contributed by atoms with Crippen molar-refractivity contribution in [1.29, 1.82) is 0 Å². The molecule has 0 aliphatic carbocycles. The summed E-state index contributed by atoms with van der Waals surface area (Å²) in [6.45, 7) is 3.96. The topological polar surface area (TPSA) is 15.3 Å². The Morgan fingerprint density at radius 1 is 1.29 bits per heavy atom. The maximum absolute atomic E-state index is 3.27. The second-order valence-electron chi connectivity index (χ2n) is 4.99. The molecule has 0 spiro atoms. The van der Waals surface area contributed by atoms with E-state index in [1.807, 2.05) is 0 Å². The molecule has 0 aromatic rings. The van der Waals surface area contributed by atoms with Crippen LogP contribution in [-0.4, -0.2) is 37.6 Å². The van der Waals surface area contributed by atoms with Crippen molar-refractivity contribution < 1.29 is 0 Å². The van der Waals surface area contributed by atoms with E-state index in [0.717, 1.165) is 12.0 Å². The average molecular weight is 196 g/mol. The first-order valence-corrected chi connectivity index (χ1v) is 6.29. The van der Waals surface area contributed by atoms with Crippen LogP contribution in [0, 0.1) is 5.92 Å². The lowest BCUT2D eigenvalue weighted by atomic mass is 9.99. The van der Waals surface area contributed by atoms with Crippen LogP contribution in [0.3, 0.4) is 0 Å². The van der Waals surface area contributed by atoms with Gasteiger partial charge >= 0.3 is 0 Å². The molecule has 2 nitrogen and oxygen atoms in total. The molecule has 2 aliphatic heterocycles. The Balaban J connectivity index is 1.79. The van der Waals surface area contributed by atoms with Gasteiger partial charge in [-0.25, -0.2) is 0 Å². The molecular weight excluding hydrogens is 172 g/mol. The fourth-order valence-electron chi connectivity index (χ4n) is 3.09. The minimum absolute atomic E-state index is 0.944. The first kappa shape index (κ1) is 10.4. The molecule has 2 rings (SSSR count).